The van der Waals surface area contributed by atoms with Crippen molar-refractivity contribution in [3.63, 3.8) is 0 Å². The lowest BCUT2D eigenvalue weighted by molar-refractivity contribution is -0.0264. The summed E-state index contributed by atoms with van der Waals surface area (Å²) in [6.45, 7) is 3.53. The van der Waals surface area contributed by atoms with Crippen molar-refractivity contribution in [3.05, 3.63) is 40.7 Å². The molecule has 0 bridgehead atoms. The van der Waals surface area contributed by atoms with Gasteiger partial charge in [0.15, 0.2) is 0 Å². The van der Waals surface area contributed by atoms with E-state index in [1.807, 2.05) is 23.7 Å². The maximum Gasteiger partial charge on any atom is 0.113 e. The number of hydrogen-bond donors (Lipinski definition) is 3. The van der Waals surface area contributed by atoms with Crippen LogP contribution in [0.4, 0.5) is 0 Å². The first kappa shape index (κ1) is 15.6. The molecule has 5 nitrogen and oxygen atoms in total. The Morgan fingerprint density at radius 3 is 3.09 bits per heavy atom. The summed E-state index contributed by atoms with van der Waals surface area (Å²) >= 11 is 1.63. The first-order valence-electron chi connectivity index (χ1n) is 7.46. The van der Waals surface area contributed by atoms with Crippen LogP contribution in [-0.4, -0.2) is 48.5 Å². The molecule has 1 fully saturated rings. The molecule has 0 aliphatic carbocycles. The van der Waals surface area contributed by atoms with Gasteiger partial charge in [0.1, 0.15) is 5.60 Å². The van der Waals surface area contributed by atoms with Crippen molar-refractivity contribution < 1.29 is 9.84 Å². The van der Waals surface area contributed by atoms with Gasteiger partial charge in [0.2, 0.25) is 0 Å². The molecule has 3 rings (SSSR count). The van der Waals surface area contributed by atoms with Crippen molar-refractivity contribution in [2.45, 2.75) is 12.1 Å². The van der Waals surface area contributed by atoms with Gasteiger partial charge in [-0.3, -0.25) is 0 Å². The van der Waals surface area contributed by atoms with E-state index in [0.717, 1.165) is 17.8 Å². The number of nitrogens with zero attached hydrogens (tertiary/aromatic N) is 1. The molecule has 2 heterocycles. The molecule has 1 unspecified atom stereocenters. The van der Waals surface area contributed by atoms with Crippen molar-refractivity contribution in [1.82, 2.24) is 15.6 Å². The molecule has 0 amide bonds. The summed E-state index contributed by atoms with van der Waals surface area (Å²) in [6.07, 6.45) is 0. The summed E-state index contributed by atoms with van der Waals surface area (Å²) in [5.41, 5.74) is 3.15. The third kappa shape index (κ3) is 3.91. The van der Waals surface area contributed by atoms with E-state index in [0.29, 0.717) is 32.8 Å². The molecule has 6 heteroatoms. The van der Waals surface area contributed by atoms with Gasteiger partial charge in [0.05, 0.1) is 24.4 Å². The first-order valence-corrected chi connectivity index (χ1v) is 8.34. The zero-order chi connectivity index (χ0) is 15.3. The number of benzene rings is 1. The van der Waals surface area contributed by atoms with Gasteiger partial charge in [-0.15, -0.1) is 11.3 Å². The predicted molar refractivity (Wildman–Crippen MR) is 87.9 cm³/mol. The van der Waals surface area contributed by atoms with Gasteiger partial charge in [-0.2, -0.15) is 0 Å². The average Bonchev–Trinajstić information content (AvgIpc) is 2.90. The summed E-state index contributed by atoms with van der Waals surface area (Å²) in [6, 6.07) is 10.2. The Balaban J connectivity index is 1.59. The molecule has 118 valence electrons. The predicted octanol–water partition coefficient (Wildman–Crippen LogP) is 1.25. The molecule has 1 saturated heterocycles. The molecule has 1 aliphatic heterocycles. The Hall–Kier alpha value is -1.31. The zero-order valence-electron chi connectivity index (χ0n) is 12.4. The number of hydrogen-bond acceptors (Lipinski definition) is 6. The fourth-order valence-corrected chi connectivity index (χ4v) is 3.28. The number of rotatable bonds is 5. The number of aliphatic hydroxyl groups is 1. The Labute approximate surface area is 134 Å². The largest absolute Gasteiger partial charge is 0.385 e. The molecule has 1 atom stereocenters. The van der Waals surface area contributed by atoms with Crippen molar-refractivity contribution in [1.29, 1.82) is 0 Å². The lowest BCUT2D eigenvalue weighted by Gasteiger charge is -2.26. The van der Waals surface area contributed by atoms with Crippen LogP contribution in [0.25, 0.3) is 11.3 Å². The molecule has 3 N–H and O–H groups in total. The molecule has 0 radical (unpaired) electrons. The van der Waals surface area contributed by atoms with Crippen molar-refractivity contribution in [2.75, 3.05) is 32.8 Å². The van der Waals surface area contributed by atoms with Gasteiger partial charge in [0, 0.05) is 36.6 Å². The highest BCUT2D eigenvalue weighted by Gasteiger charge is 2.28. The van der Waals surface area contributed by atoms with Gasteiger partial charge < -0.3 is 20.5 Å². The van der Waals surface area contributed by atoms with E-state index < -0.39 is 5.60 Å². The van der Waals surface area contributed by atoms with Crippen LogP contribution in [0, 0.1) is 0 Å². The minimum absolute atomic E-state index is 0.362. The van der Waals surface area contributed by atoms with E-state index >= 15 is 0 Å². The lowest BCUT2D eigenvalue weighted by Crippen LogP contribution is -2.50. The summed E-state index contributed by atoms with van der Waals surface area (Å²) in [5, 5.41) is 17.0. The average molecular weight is 319 g/mol. The van der Waals surface area contributed by atoms with Gasteiger partial charge >= 0.3 is 0 Å². The molecular weight excluding hydrogens is 298 g/mol. The van der Waals surface area contributed by atoms with Crippen LogP contribution < -0.4 is 10.6 Å². The standard InChI is InChI=1S/C16H21N3O2S/c20-16(9-17-6-7-21-11-16)10-18-8-14-15(19-12-22-14)13-4-2-1-3-5-13/h1-5,12,17-18,20H,6-11H2. The maximum absolute atomic E-state index is 10.5. The zero-order valence-corrected chi connectivity index (χ0v) is 13.2. The highest BCUT2D eigenvalue weighted by Crippen LogP contribution is 2.25. The van der Waals surface area contributed by atoms with Crippen LogP contribution in [0.2, 0.25) is 0 Å². The van der Waals surface area contributed by atoms with Crippen LogP contribution in [-0.2, 0) is 11.3 Å². The molecule has 22 heavy (non-hydrogen) atoms. The third-order valence-corrected chi connectivity index (χ3v) is 4.51. The highest BCUT2D eigenvalue weighted by atomic mass is 32.1. The smallest absolute Gasteiger partial charge is 0.113 e. The van der Waals surface area contributed by atoms with Gasteiger partial charge in [-0.1, -0.05) is 30.3 Å². The highest BCUT2D eigenvalue weighted by molar-refractivity contribution is 7.10. The van der Waals surface area contributed by atoms with E-state index in [9.17, 15) is 5.11 Å². The summed E-state index contributed by atoms with van der Waals surface area (Å²) in [5.74, 6) is 0. The fourth-order valence-electron chi connectivity index (χ4n) is 2.53. The number of aromatic nitrogens is 1. The Morgan fingerprint density at radius 1 is 1.36 bits per heavy atom. The number of thiazole rings is 1. The molecule has 1 aromatic heterocycles. The minimum Gasteiger partial charge on any atom is -0.385 e. The quantitative estimate of drug-likeness (QED) is 0.774. The summed E-state index contributed by atoms with van der Waals surface area (Å²) in [4.78, 5) is 5.64. The second-order valence-corrected chi connectivity index (χ2v) is 6.49. The fraction of sp³-hybridized carbons (Fsp3) is 0.438. The van der Waals surface area contributed by atoms with Gasteiger partial charge in [0.25, 0.3) is 0 Å². The van der Waals surface area contributed by atoms with Crippen LogP contribution in [0.15, 0.2) is 35.8 Å². The summed E-state index contributed by atoms with van der Waals surface area (Å²) < 4.78 is 5.43. The van der Waals surface area contributed by atoms with E-state index in [4.69, 9.17) is 4.74 Å². The Kier molecular flexibility index (Phi) is 5.17. The van der Waals surface area contributed by atoms with Crippen LogP contribution in [0.1, 0.15) is 4.88 Å². The molecular formula is C16H21N3O2S. The van der Waals surface area contributed by atoms with E-state index in [1.54, 1.807) is 11.3 Å². The Morgan fingerprint density at radius 2 is 2.23 bits per heavy atom. The van der Waals surface area contributed by atoms with Crippen molar-refractivity contribution >= 4 is 11.3 Å². The van der Waals surface area contributed by atoms with E-state index in [1.165, 1.54) is 4.88 Å². The van der Waals surface area contributed by atoms with Crippen molar-refractivity contribution in [2.24, 2.45) is 0 Å². The Bertz CT molecular complexity index is 580. The number of nitrogens with one attached hydrogen (secondary N) is 2. The topological polar surface area (TPSA) is 66.4 Å². The molecule has 1 aliphatic rings. The molecule has 1 aromatic carbocycles. The van der Waals surface area contributed by atoms with Gasteiger partial charge in [-0.05, 0) is 0 Å². The lowest BCUT2D eigenvalue weighted by atomic mass is 10.1. The van der Waals surface area contributed by atoms with Crippen LogP contribution in [0.3, 0.4) is 0 Å². The second-order valence-electron chi connectivity index (χ2n) is 5.55. The maximum atomic E-state index is 10.5. The monoisotopic (exact) mass is 319 g/mol. The van der Waals surface area contributed by atoms with Crippen molar-refractivity contribution in [3.8, 4) is 11.3 Å². The molecule has 0 saturated carbocycles. The van der Waals surface area contributed by atoms with Gasteiger partial charge in [-0.25, -0.2) is 4.98 Å². The summed E-state index contributed by atoms with van der Waals surface area (Å²) in [7, 11) is 0. The second kappa shape index (κ2) is 7.30. The first-order chi connectivity index (χ1) is 10.8. The SMILES string of the molecule is OC1(CNCc2scnc2-c2ccccc2)CNCCOC1. The minimum atomic E-state index is -0.853. The van der Waals surface area contributed by atoms with E-state index in [2.05, 4.69) is 27.8 Å². The number of ether oxygens (including phenoxy) is 1. The van der Waals surface area contributed by atoms with Crippen LogP contribution in [0.5, 0.6) is 0 Å². The normalized spacial score (nSPS) is 22.4. The number of β-amino-alcohol motifs (C(OH)–C–C–N with tert-alkyl or cyclic N) is 1. The third-order valence-electron chi connectivity index (χ3n) is 3.68. The van der Waals surface area contributed by atoms with Crippen LogP contribution >= 0.6 is 11.3 Å². The molecule has 2 aromatic rings. The molecule has 0 spiro atoms. The van der Waals surface area contributed by atoms with E-state index in [-0.39, 0.29) is 0 Å².